The first-order valence-corrected chi connectivity index (χ1v) is 10.4. The standard InChI is InChI=1S/C24H22N2O4/c1-3-13-25-17-11-7-6-10-16(17)24(23(25)29)19-20(27)15-9-5-8-12-18(15)30-21(19)22(28)26(24)14-4-2/h5-12H,3-4,13-14H2,1-2H3. The minimum Gasteiger partial charge on any atom is -0.450 e. The number of hydrogen-bond donors (Lipinski definition) is 0. The largest absolute Gasteiger partial charge is 0.450 e. The summed E-state index contributed by atoms with van der Waals surface area (Å²) in [6, 6.07) is 14.3. The van der Waals surface area contributed by atoms with Gasteiger partial charge in [0.15, 0.2) is 11.0 Å². The number of anilines is 1. The van der Waals surface area contributed by atoms with Crippen molar-refractivity contribution in [3.05, 3.63) is 75.6 Å². The topological polar surface area (TPSA) is 70.8 Å². The molecule has 6 heteroatoms. The number of amides is 2. The molecule has 6 nitrogen and oxygen atoms in total. The van der Waals surface area contributed by atoms with Crippen LogP contribution in [0.1, 0.15) is 48.4 Å². The van der Waals surface area contributed by atoms with Gasteiger partial charge in [0.2, 0.25) is 5.76 Å². The SMILES string of the molecule is CCCN1C(=O)C2(c3ccccc31)c1c(oc3ccccc3c1=O)C(=O)N2CCC. The molecule has 2 amide bonds. The van der Waals surface area contributed by atoms with Crippen LogP contribution in [0.15, 0.2) is 57.7 Å². The van der Waals surface area contributed by atoms with Gasteiger partial charge in [-0.2, -0.15) is 0 Å². The molecule has 0 bridgehead atoms. The monoisotopic (exact) mass is 402 g/mol. The van der Waals surface area contributed by atoms with E-state index in [1.54, 1.807) is 29.2 Å². The highest BCUT2D eigenvalue weighted by Crippen LogP contribution is 2.52. The average molecular weight is 402 g/mol. The molecule has 1 unspecified atom stereocenters. The fourth-order valence-corrected chi connectivity index (χ4v) is 4.91. The van der Waals surface area contributed by atoms with Gasteiger partial charge in [0.1, 0.15) is 5.58 Å². The highest BCUT2D eigenvalue weighted by atomic mass is 16.3. The van der Waals surface area contributed by atoms with Crippen molar-refractivity contribution in [1.29, 1.82) is 0 Å². The van der Waals surface area contributed by atoms with Crippen LogP contribution in [0, 0.1) is 0 Å². The van der Waals surface area contributed by atoms with Crippen LogP contribution in [0.25, 0.3) is 11.0 Å². The molecule has 0 aliphatic carbocycles. The number of carbonyl (C=O) groups excluding carboxylic acids is 2. The third-order valence-corrected chi connectivity index (χ3v) is 6.04. The molecule has 1 atom stereocenters. The molecule has 30 heavy (non-hydrogen) atoms. The molecule has 0 saturated heterocycles. The van der Waals surface area contributed by atoms with Crippen molar-refractivity contribution in [2.24, 2.45) is 0 Å². The van der Waals surface area contributed by atoms with E-state index in [-0.39, 0.29) is 22.7 Å². The summed E-state index contributed by atoms with van der Waals surface area (Å²) in [4.78, 5) is 44.4. The molecule has 0 radical (unpaired) electrons. The zero-order valence-electron chi connectivity index (χ0n) is 17.0. The molecule has 2 aromatic carbocycles. The minimum absolute atomic E-state index is 0.0198. The Balaban J connectivity index is 1.93. The first kappa shape index (κ1) is 18.6. The first-order chi connectivity index (χ1) is 14.6. The van der Waals surface area contributed by atoms with Crippen LogP contribution < -0.4 is 10.3 Å². The Kier molecular flexibility index (Phi) is 4.07. The molecule has 1 spiro atoms. The van der Waals surface area contributed by atoms with Crippen molar-refractivity contribution in [3.63, 3.8) is 0 Å². The Morgan fingerprint density at radius 2 is 1.60 bits per heavy atom. The zero-order chi connectivity index (χ0) is 21.0. The summed E-state index contributed by atoms with van der Waals surface area (Å²) in [6.45, 7) is 4.81. The van der Waals surface area contributed by atoms with Gasteiger partial charge in [-0.15, -0.1) is 0 Å². The van der Waals surface area contributed by atoms with Gasteiger partial charge in [-0.1, -0.05) is 44.2 Å². The van der Waals surface area contributed by atoms with Crippen molar-refractivity contribution in [3.8, 4) is 0 Å². The maximum Gasteiger partial charge on any atom is 0.291 e. The Morgan fingerprint density at radius 1 is 0.900 bits per heavy atom. The van der Waals surface area contributed by atoms with Crippen molar-refractivity contribution in [2.45, 2.75) is 32.2 Å². The Morgan fingerprint density at radius 3 is 2.37 bits per heavy atom. The van der Waals surface area contributed by atoms with Crippen LogP contribution in [0.2, 0.25) is 0 Å². The lowest BCUT2D eigenvalue weighted by molar-refractivity contribution is -0.126. The summed E-state index contributed by atoms with van der Waals surface area (Å²) in [5.41, 5.74) is 0.132. The van der Waals surface area contributed by atoms with E-state index in [1.165, 1.54) is 4.90 Å². The van der Waals surface area contributed by atoms with E-state index < -0.39 is 11.4 Å². The molecule has 1 aromatic heterocycles. The predicted octanol–water partition coefficient (Wildman–Crippen LogP) is 3.66. The van der Waals surface area contributed by atoms with Gasteiger partial charge in [-0.05, 0) is 31.0 Å². The second kappa shape index (κ2) is 6.55. The van der Waals surface area contributed by atoms with Crippen molar-refractivity contribution >= 4 is 28.5 Å². The van der Waals surface area contributed by atoms with Gasteiger partial charge < -0.3 is 14.2 Å². The van der Waals surface area contributed by atoms with Gasteiger partial charge in [0, 0.05) is 18.7 Å². The maximum atomic E-state index is 14.0. The van der Waals surface area contributed by atoms with Gasteiger partial charge in [0.05, 0.1) is 16.6 Å². The van der Waals surface area contributed by atoms with Gasteiger partial charge >= 0.3 is 0 Å². The van der Waals surface area contributed by atoms with E-state index in [1.807, 2.05) is 38.1 Å². The minimum atomic E-state index is -1.47. The van der Waals surface area contributed by atoms with Crippen molar-refractivity contribution in [1.82, 2.24) is 4.90 Å². The lowest BCUT2D eigenvalue weighted by Crippen LogP contribution is -2.53. The van der Waals surface area contributed by atoms with Crippen LogP contribution in [-0.4, -0.2) is 29.8 Å². The van der Waals surface area contributed by atoms with Crippen molar-refractivity contribution in [2.75, 3.05) is 18.0 Å². The fraction of sp³-hybridized carbons (Fsp3) is 0.292. The van der Waals surface area contributed by atoms with Crippen LogP contribution in [-0.2, 0) is 10.3 Å². The Hall–Kier alpha value is -3.41. The Labute approximate surface area is 173 Å². The Bertz CT molecular complexity index is 1260. The number of fused-ring (bicyclic) bond motifs is 5. The van der Waals surface area contributed by atoms with Crippen LogP contribution in [0.3, 0.4) is 0 Å². The number of carbonyl (C=O) groups is 2. The number of rotatable bonds is 4. The van der Waals surface area contributed by atoms with E-state index >= 15 is 0 Å². The molecular formula is C24H22N2O4. The summed E-state index contributed by atoms with van der Waals surface area (Å²) in [5.74, 6) is -0.682. The summed E-state index contributed by atoms with van der Waals surface area (Å²) in [6.07, 6.45) is 1.41. The zero-order valence-corrected chi connectivity index (χ0v) is 17.0. The third kappa shape index (κ3) is 2.11. The van der Waals surface area contributed by atoms with E-state index in [0.29, 0.717) is 36.0 Å². The fourth-order valence-electron chi connectivity index (χ4n) is 4.91. The molecule has 152 valence electrons. The van der Waals surface area contributed by atoms with Gasteiger partial charge in [-0.3, -0.25) is 14.4 Å². The highest BCUT2D eigenvalue weighted by molar-refractivity contribution is 6.17. The summed E-state index contributed by atoms with van der Waals surface area (Å²) in [7, 11) is 0. The molecule has 0 saturated carbocycles. The van der Waals surface area contributed by atoms with Crippen LogP contribution in [0.5, 0.6) is 0 Å². The molecule has 2 aliphatic rings. The summed E-state index contributed by atoms with van der Waals surface area (Å²) < 4.78 is 5.96. The van der Waals surface area contributed by atoms with E-state index in [4.69, 9.17) is 4.42 Å². The maximum absolute atomic E-state index is 14.0. The molecule has 0 N–H and O–H groups in total. The number of hydrogen-bond acceptors (Lipinski definition) is 4. The molecule has 3 heterocycles. The van der Waals surface area contributed by atoms with Crippen LogP contribution in [0.4, 0.5) is 5.69 Å². The van der Waals surface area contributed by atoms with E-state index in [0.717, 1.165) is 12.1 Å². The smallest absolute Gasteiger partial charge is 0.291 e. The lowest BCUT2D eigenvalue weighted by Gasteiger charge is -2.34. The average Bonchev–Trinajstić information content (AvgIpc) is 3.15. The van der Waals surface area contributed by atoms with Gasteiger partial charge in [-0.25, -0.2) is 0 Å². The second-order valence-corrected chi connectivity index (χ2v) is 7.77. The predicted molar refractivity (Wildman–Crippen MR) is 114 cm³/mol. The second-order valence-electron chi connectivity index (χ2n) is 7.77. The number of nitrogens with zero attached hydrogens (tertiary/aromatic N) is 2. The highest BCUT2D eigenvalue weighted by Gasteiger charge is 2.64. The molecule has 5 rings (SSSR count). The molecular weight excluding hydrogens is 380 g/mol. The summed E-state index contributed by atoms with van der Waals surface area (Å²) >= 11 is 0. The van der Waals surface area contributed by atoms with Gasteiger partial charge in [0.25, 0.3) is 11.8 Å². The number of para-hydroxylation sites is 2. The molecule has 0 fully saturated rings. The normalized spacial score (nSPS) is 19.8. The molecule has 3 aromatic rings. The van der Waals surface area contributed by atoms with Crippen LogP contribution >= 0.6 is 0 Å². The first-order valence-electron chi connectivity index (χ1n) is 10.4. The van der Waals surface area contributed by atoms with E-state index in [9.17, 15) is 14.4 Å². The third-order valence-electron chi connectivity index (χ3n) is 6.04. The molecule has 2 aliphatic heterocycles. The van der Waals surface area contributed by atoms with E-state index in [2.05, 4.69) is 0 Å². The quantitative estimate of drug-likeness (QED) is 0.668. The number of benzene rings is 2. The van der Waals surface area contributed by atoms with Crippen molar-refractivity contribution < 1.29 is 14.0 Å². The summed E-state index contributed by atoms with van der Waals surface area (Å²) in [5, 5.41) is 0.376. The lowest BCUT2D eigenvalue weighted by atomic mass is 9.84.